The van der Waals surface area contributed by atoms with Gasteiger partial charge in [0.2, 0.25) is 0 Å². The van der Waals surface area contributed by atoms with Gasteiger partial charge in [-0.3, -0.25) is 0 Å². The molecule has 18 heavy (non-hydrogen) atoms. The number of halogens is 2. The number of rotatable bonds is 7. The highest BCUT2D eigenvalue weighted by Gasteiger charge is 2.13. The molecule has 1 aromatic carbocycles. The van der Waals surface area contributed by atoms with E-state index in [-0.39, 0.29) is 6.04 Å². The summed E-state index contributed by atoms with van der Waals surface area (Å²) in [7, 11) is 0. The zero-order valence-electron chi connectivity index (χ0n) is 11.2. The Morgan fingerprint density at radius 3 is 2.67 bits per heavy atom. The van der Waals surface area contributed by atoms with Crippen LogP contribution >= 0.6 is 0 Å². The second kappa shape index (κ2) is 7.31. The average Bonchev–Trinajstić information content (AvgIpc) is 2.34. The van der Waals surface area contributed by atoms with Gasteiger partial charge in [0.15, 0.2) is 0 Å². The first kappa shape index (κ1) is 14.9. The van der Waals surface area contributed by atoms with Crippen LogP contribution in [0.1, 0.15) is 37.4 Å². The molecule has 0 fully saturated rings. The molecular formula is C14H21F2NO. The molecule has 0 bridgehead atoms. The van der Waals surface area contributed by atoms with Crippen molar-refractivity contribution >= 4 is 0 Å². The van der Waals surface area contributed by atoms with Crippen molar-refractivity contribution in [2.45, 2.75) is 39.7 Å². The van der Waals surface area contributed by atoms with Crippen LogP contribution < -0.4 is 10.1 Å². The quantitative estimate of drug-likeness (QED) is 0.804. The van der Waals surface area contributed by atoms with E-state index < -0.39 is 13.0 Å². The fraction of sp³-hybridized carbons (Fsp3) is 0.571. The fourth-order valence-corrected chi connectivity index (χ4v) is 1.76. The first-order valence-electron chi connectivity index (χ1n) is 6.29. The van der Waals surface area contributed by atoms with Crippen LogP contribution in [0, 0.1) is 6.92 Å². The van der Waals surface area contributed by atoms with Crippen molar-refractivity contribution < 1.29 is 13.5 Å². The molecule has 102 valence electrons. The lowest BCUT2D eigenvalue weighted by atomic mass is 10.0. The third-order valence-corrected chi connectivity index (χ3v) is 2.70. The second-order valence-electron chi connectivity index (χ2n) is 4.42. The van der Waals surface area contributed by atoms with Gasteiger partial charge in [-0.2, -0.15) is 0 Å². The van der Waals surface area contributed by atoms with Crippen molar-refractivity contribution in [3.8, 4) is 5.75 Å². The zero-order chi connectivity index (χ0) is 13.5. The lowest BCUT2D eigenvalue weighted by Gasteiger charge is -2.18. The molecule has 1 unspecified atom stereocenters. The molecule has 1 aromatic rings. The summed E-state index contributed by atoms with van der Waals surface area (Å²) < 4.78 is 29.6. The van der Waals surface area contributed by atoms with Crippen molar-refractivity contribution in [2.24, 2.45) is 0 Å². The summed E-state index contributed by atoms with van der Waals surface area (Å²) in [5.41, 5.74) is 2.03. The molecule has 0 aliphatic heterocycles. The van der Waals surface area contributed by atoms with Crippen molar-refractivity contribution in [1.29, 1.82) is 0 Å². The van der Waals surface area contributed by atoms with Crippen molar-refractivity contribution in [3.63, 3.8) is 0 Å². The molecule has 0 saturated heterocycles. The van der Waals surface area contributed by atoms with E-state index in [0.29, 0.717) is 5.75 Å². The number of nitrogens with one attached hydrogen (secondary N) is 1. The molecule has 0 aliphatic rings. The van der Waals surface area contributed by atoms with Gasteiger partial charge in [0.1, 0.15) is 12.4 Å². The maximum Gasteiger partial charge on any atom is 0.272 e. The Balaban J connectivity index is 2.81. The fourth-order valence-electron chi connectivity index (χ4n) is 1.76. The van der Waals surface area contributed by atoms with E-state index in [1.54, 1.807) is 6.07 Å². The van der Waals surface area contributed by atoms with E-state index in [9.17, 15) is 8.78 Å². The minimum atomic E-state index is -2.45. The van der Waals surface area contributed by atoms with Gasteiger partial charge in [-0.15, -0.1) is 0 Å². The summed E-state index contributed by atoms with van der Waals surface area (Å²) in [4.78, 5) is 0. The highest BCUT2D eigenvalue weighted by molar-refractivity contribution is 5.39. The molecule has 1 rings (SSSR count). The normalized spacial score (nSPS) is 12.8. The van der Waals surface area contributed by atoms with E-state index in [2.05, 4.69) is 12.2 Å². The smallest absolute Gasteiger partial charge is 0.272 e. The van der Waals surface area contributed by atoms with Gasteiger partial charge in [-0.05, 0) is 32.9 Å². The Kier molecular flexibility index (Phi) is 6.05. The summed E-state index contributed by atoms with van der Waals surface area (Å²) >= 11 is 0. The van der Waals surface area contributed by atoms with Crippen LogP contribution in [0.15, 0.2) is 18.2 Å². The number of hydrogen-bond donors (Lipinski definition) is 1. The molecule has 0 heterocycles. The highest BCUT2D eigenvalue weighted by Crippen LogP contribution is 2.26. The van der Waals surface area contributed by atoms with Gasteiger partial charge >= 0.3 is 0 Å². The number of benzene rings is 1. The van der Waals surface area contributed by atoms with Crippen molar-refractivity contribution in [3.05, 3.63) is 29.3 Å². The Morgan fingerprint density at radius 2 is 2.06 bits per heavy atom. The third kappa shape index (κ3) is 4.61. The van der Waals surface area contributed by atoms with Crippen molar-refractivity contribution in [2.75, 3.05) is 13.2 Å². The number of alkyl halides is 2. The molecule has 0 radical (unpaired) electrons. The monoisotopic (exact) mass is 257 g/mol. The van der Waals surface area contributed by atoms with Gasteiger partial charge in [0, 0.05) is 11.6 Å². The van der Waals surface area contributed by atoms with E-state index in [4.69, 9.17) is 4.74 Å². The van der Waals surface area contributed by atoms with Gasteiger partial charge in [-0.25, -0.2) is 8.78 Å². The lowest BCUT2D eigenvalue weighted by molar-refractivity contribution is 0.0811. The molecule has 0 aliphatic carbocycles. The van der Waals surface area contributed by atoms with Crippen LogP contribution in [0.25, 0.3) is 0 Å². The number of hydrogen-bond acceptors (Lipinski definition) is 2. The molecule has 0 saturated carbocycles. The summed E-state index contributed by atoms with van der Waals surface area (Å²) in [6, 6.07) is 5.71. The molecule has 1 N–H and O–H groups in total. The minimum Gasteiger partial charge on any atom is -0.487 e. The van der Waals surface area contributed by atoms with E-state index in [1.807, 2.05) is 26.0 Å². The lowest BCUT2D eigenvalue weighted by Crippen LogP contribution is -2.20. The molecular weight excluding hydrogens is 236 g/mol. The summed E-state index contributed by atoms with van der Waals surface area (Å²) in [6.45, 7) is 6.41. The minimum absolute atomic E-state index is 0.0949. The topological polar surface area (TPSA) is 21.3 Å². The van der Waals surface area contributed by atoms with Crippen LogP contribution in [0.5, 0.6) is 5.75 Å². The standard InChI is InChI=1S/C14H21F2NO/c1-4-7-17-11(3)12-8-10(2)5-6-13(12)18-9-14(15)16/h5-6,8,11,14,17H,4,7,9H2,1-3H3. The Bertz CT molecular complexity index is 369. The van der Waals surface area contributed by atoms with Crippen LogP contribution in [-0.2, 0) is 0 Å². The number of ether oxygens (including phenoxy) is 1. The highest BCUT2D eigenvalue weighted by atomic mass is 19.3. The maximum atomic E-state index is 12.2. The predicted octanol–water partition coefficient (Wildman–Crippen LogP) is 3.70. The first-order valence-corrected chi connectivity index (χ1v) is 6.29. The van der Waals surface area contributed by atoms with E-state index >= 15 is 0 Å². The Morgan fingerprint density at radius 1 is 1.33 bits per heavy atom. The molecule has 4 heteroatoms. The molecule has 2 nitrogen and oxygen atoms in total. The van der Waals surface area contributed by atoms with Crippen LogP contribution in [0.4, 0.5) is 8.78 Å². The van der Waals surface area contributed by atoms with Gasteiger partial charge in [0.05, 0.1) is 0 Å². The molecule has 1 atom stereocenters. The molecule has 0 aromatic heterocycles. The largest absolute Gasteiger partial charge is 0.487 e. The third-order valence-electron chi connectivity index (χ3n) is 2.70. The Labute approximate surface area is 107 Å². The van der Waals surface area contributed by atoms with Gasteiger partial charge < -0.3 is 10.1 Å². The Hall–Kier alpha value is -1.16. The SMILES string of the molecule is CCCNC(C)c1cc(C)ccc1OCC(F)F. The van der Waals surface area contributed by atoms with Crippen LogP contribution in [-0.4, -0.2) is 19.6 Å². The van der Waals surface area contributed by atoms with Crippen molar-refractivity contribution in [1.82, 2.24) is 5.32 Å². The average molecular weight is 257 g/mol. The molecule has 0 amide bonds. The molecule has 0 spiro atoms. The zero-order valence-corrected chi connectivity index (χ0v) is 11.2. The maximum absolute atomic E-state index is 12.2. The summed E-state index contributed by atoms with van der Waals surface area (Å²) in [5.74, 6) is 0.539. The second-order valence-corrected chi connectivity index (χ2v) is 4.42. The van der Waals surface area contributed by atoms with E-state index in [0.717, 1.165) is 24.1 Å². The summed E-state index contributed by atoms with van der Waals surface area (Å²) in [5, 5.41) is 3.34. The van der Waals surface area contributed by atoms with E-state index in [1.165, 1.54) is 0 Å². The van der Waals surface area contributed by atoms with Crippen LogP contribution in [0.3, 0.4) is 0 Å². The predicted molar refractivity (Wildman–Crippen MR) is 69.4 cm³/mol. The van der Waals surface area contributed by atoms with Gasteiger partial charge in [-0.1, -0.05) is 24.6 Å². The number of aryl methyl sites for hydroxylation is 1. The first-order chi connectivity index (χ1) is 8.54. The summed E-state index contributed by atoms with van der Waals surface area (Å²) in [6.07, 6.45) is -1.42. The van der Waals surface area contributed by atoms with Gasteiger partial charge in [0.25, 0.3) is 6.43 Å². The van der Waals surface area contributed by atoms with Crippen LogP contribution in [0.2, 0.25) is 0 Å².